The molecule has 1 aromatic rings. The Kier molecular flexibility index (Phi) is 4.70. The van der Waals surface area contributed by atoms with E-state index in [1.165, 1.54) is 6.07 Å². The van der Waals surface area contributed by atoms with Crippen LogP contribution in [0.1, 0.15) is 6.42 Å². The molecule has 0 spiro atoms. The number of nitrogens with one attached hydrogen (secondary N) is 1. The average Bonchev–Trinajstić information content (AvgIpc) is 2.18. The Balaban J connectivity index is 2.54. The maximum Gasteiger partial charge on any atom is 0.304 e. The van der Waals surface area contributed by atoms with Gasteiger partial charge in [0.1, 0.15) is 5.82 Å². The van der Waals surface area contributed by atoms with Crippen molar-refractivity contribution in [3.8, 4) is 0 Å². The van der Waals surface area contributed by atoms with Gasteiger partial charge in [0.25, 0.3) is 0 Å². The molecule has 0 saturated carbocycles. The van der Waals surface area contributed by atoms with Gasteiger partial charge in [0.15, 0.2) is 0 Å². The second-order valence-electron chi connectivity index (χ2n) is 3.36. The van der Waals surface area contributed by atoms with E-state index in [9.17, 15) is 9.18 Å². The van der Waals surface area contributed by atoms with E-state index in [4.69, 9.17) is 10.8 Å². The number of carbonyl (C=O) groups is 1. The number of carboxylic acid groups (broad SMARTS) is 1. The van der Waals surface area contributed by atoms with Crippen LogP contribution in [0, 0.1) is 5.82 Å². The van der Waals surface area contributed by atoms with Crippen molar-refractivity contribution < 1.29 is 14.3 Å². The highest BCUT2D eigenvalue weighted by atomic mass is 79.9. The van der Waals surface area contributed by atoms with Gasteiger partial charge in [-0.2, -0.15) is 0 Å². The van der Waals surface area contributed by atoms with Gasteiger partial charge in [-0.15, -0.1) is 0 Å². The lowest BCUT2D eigenvalue weighted by Gasteiger charge is -2.12. The van der Waals surface area contributed by atoms with E-state index in [1.807, 2.05) is 0 Å². The maximum atomic E-state index is 13.2. The molecule has 16 heavy (non-hydrogen) atoms. The number of rotatable bonds is 5. The minimum absolute atomic E-state index is 0.150. The average molecular weight is 291 g/mol. The molecule has 1 unspecified atom stereocenters. The Bertz CT molecular complexity index is 387. The lowest BCUT2D eigenvalue weighted by molar-refractivity contribution is -0.137. The zero-order chi connectivity index (χ0) is 12.1. The summed E-state index contributed by atoms with van der Waals surface area (Å²) in [5, 5.41) is 11.3. The lowest BCUT2D eigenvalue weighted by Crippen LogP contribution is -2.31. The molecule has 1 atom stereocenters. The quantitative estimate of drug-likeness (QED) is 0.773. The summed E-state index contributed by atoms with van der Waals surface area (Å²) in [5.41, 5.74) is 5.83. The van der Waals surface area contributed by atoms with Gasteiger partial charge in [0.05, 0.1) is 12.1 Å². The SMILES string of the molecule is NC(CNc1cc(Br)ccc1F)CC(=O)O. The van der Waals surface area contributed by atoms with Crippen molar-refractivity contribution in [2.75, 3.05) is 11.9 Å². The van der Waals surface area contributed by atoms with Crippen LogP contribution < -0.4 is 11.1 Å². The van der Waals surface area contributed by atoms with Gasteiger partial charge in [0.2, 0.25) is 0 Å². The normalized spacial score (nSPS) is 12.2. The van der Waals surface area contributed by atoms with Crippen molar-refractivity contribution in [1.82, 2.24) is 0 Å². The van der Waals surface area contributed by atoms with Gasteiger partial charge >= 0.3 is 5.97 Å². The molecule has 4 N–H and O–H groups in total. The lowest BCUT2D eigenvalue weighted by atomic mass is 10.2. The van der Waals surface area contributed by atoms with Crippen LogP contribution in [0.5, 0.6) is 0 Å². The summed E-state index contributed by atoms with van der Waals surface area (Å²) in [6.45, 7) is 0.208. The molecule has 1 aromatic carbocycles. The standard InChI is InChI=1S/C10H12BrFN2O2/c11-6-1-2-8(12)9(3-6)14-5-7(13)4-10(15)16/h1-3,7,14H,4-5,13H2,(H,15,16). The van der Waals surface area contributed by atoms with Gasteiger partial charge in [-0.3, -0.25) is 4.79 Å². The first-order chi connectivity index (χ1) is 7.49. The highest BCUT2D eigenvalue weighted by molar-refractivity contribution is 9.10. The first-order valence-electron chi connectivity index (χ1n) is 4.65. The second kappa shape index (κ2) is 5.81. The summed E-state index contributed by atoms with van der Waals surface area (Å²) in [4.78, 5) is 10.4. The number of hydrogen-bond acceptors (Lipinski definition) is 3. The van der Waals surface area contributed by atoms with E-state index in [0.717, 1.165) is 4.47 Å². The number of hydrogen-bond donors (Lipinski definition) is 3. The fourth-order valence-electron chi connectivity index (χ4n) is 1.17. The third-order valence-corrected chi connectivity index (χ3v) is 2.41. The Hall–Kier alpha value is -1.14. The molecule has 0 saturated heterocycles. The fourth-order valence-corrected chi connectivity index (χ4v) is 1.53. The Labute approximate surface area is 101 Å². The van der Waals surface area contributed by atoms with E-state index in [1.54, 1.807) is 12.1 Å². The van der Waals surface area contributed by atoms with Crippen molar-refractivity contribution in [3.63, 3.8) is 0 Å². The van der Waals surface area contributed by atoms with Gasteiger partial charge in [-0.25, -0.2) is 4.39 Å². The molecule has 0 radical (unpaired) electrons. The predicted molar refractivity (Wildman–Crippen MR) is 62.8 cm³/mol. The topological polar surface area (TPSA) is 75.3 Å². The molecule has 0 aliphatic heterocycles. The van der Waals surface area contributed by atoms with Crippen molar-refractivity contribution in [2.24, 2.45) is 5.73 Å². The first kappa shape index (κ1) is 12.9. The van der Waals surface area contributed by atoms with E-state index < -0.39 is 17.8 Å². The molecule has 0 fully saturated rings. The van der Waals surface area contributed by atoms with E-state index in [2.05, 4.69) is 21.2 Å². The van der Waals surface area contributed by atoms with Crippen LogP contribution in [0.25, 0.3) is 0 Å². The molecular weight excluding hydrogens is 279 g/mol. The highest BCUT2D eigenvalue weighted by Crippen LogP contribution is 2.19. The molecule has 1 rings (SSSR count). The molecule has 0 heterocycles. The third-order valence-electron chi connectivity index (χ3n) is 1.92. The molecular formula is C10H12BrFN2O2. The molecule has 0 bridgehead atoms. The van der Waals surface area contributed by atoms with Crippen LogP contribution in [-0.4, -0.2) is 23.7 Å². The fraction of sp³-hybridized carbons (Fsp3) is 0.300. The summed E-state index contributed by atoms with van der Waals surface area (Å²) in [7, 11) is 0. The minimum Gasteiger partial charge on any atom is -0.481 e. The summed E-state index contributed by atoms with van der Waals surface area (Å²) in [6, 6.07) is 3.92. The van der Waals surface area contributed by atoms with Gasteiger partial charge < -0.3 is 16.2 Å². The summed E-state index contributed by atoms with van der Waals surface area (Å²) < 4.78 is 14.0. The van der Waals surface area contributed by atoms with Crippen molar-refractivity contribution >= 4 is 27.6 Å². The van der Waals surface area contributed by atoms with Crippen LogP contribution in [0.15, 0.2) is 22.7 Å². The van der Waals surface area contributed by atoms with Crippen LogP contribution in [0.2, 0.25) is 0 Å². The number of anilines is 1. The molecule has 0 amide bonds. The summed E-state index contributed by atoms with van der Waals surface area (Å²) >= 11 is 3.21. The van der Waals surface area contributed by atoms with E-state index in [0.29, 0.717) is 5.69 Å². The minimum atomic E-state index is -0.969. The predicted octanol–water partition coefficient (Wildman–Crippen LogP) is 1.80. The molecule has 6 heteroatoms. The highest BCUT2D eigenvalue weighted by Gasteiger charge is 2.09. The largest absolute Gasteiger partial charge is 0.481 e. The zero-order valence-corrected chi connectivity index (χ0v) is 10.00. The van der Waals surface area contributed by atoms with Crippen LogP contribution in [0.4, 0.5) is 10.1 Å². The third kappa shape index (κ3) is 4.16. The first-order valence-corrected chi connectivity index (χ1v) is 5.44. The Morgan fingerprint density at radius 3 is 2.94 bits per heavy atom. The number of carboxylic acids is 1. The molecule has 0 aromatic heterocycles. The number of nitrogens with two attached hydrogens (primary N) is 1. The smallest absolute Gasteiger partial charge is 0.304 e. The molecule has 88 valence electrons. The van der Waals surface area contributed by atoms with Crippen molar-refractivity contribution in [2.45, 2.75) is 12.5 Å². The monoisotopic (exact) mass is 290 g/mol. The Morgan fingerprint density at radius 1 is 1.62 bits per heavy atom. The Morgan fingerprint density at radius 2 is 2.31 bits per heavy atom. The molecule has 0 aliphatic rings. The van der Waals surface area contributed by atoms with Crippen LogP contribution in [-0.2, 0) is 4.79 Å². The maximum absolute atomic E-state index is 13.2. The van der Waals surface area contributed by atoms with Crippen molar-refractivity contribution in [1.29, 1.82) is 0 Å². The number of aliphatic carboxylic acids is 1. The van der Waals surface area contributed by atoms with Gasteiger partial charge in [-0.1, -0.05) is 15.9 Å². The number of halogens is 2. The van der Waals surface area contributed by atoms with Crippen LogP contribution >= 0.6 is 15.9 Å². The van der Waals surface area contributed by atoms with Crippen molar-refractivity contribution in [3.05, 3.63) is 28.5 Å². The molecule has 4 nitrogen and oxygen atoms in total. The number of benzene rings is 1. The van der Waals surface area contributed by atoms with Gasteiger partial charge in [-0.05, 0) is 18.2 Å². The zero-order valence-electron chi connectivity index (χ0n) is 8.41. The summed E-state index contributed by atoms with van der Waals surface area (Å²) in [6.07, 6.45) is -0.150. The van der Waals surface area contributed by atoms with Gasteiger partial charge in [0, 0.05) is 17.1 Å². The molecule has 0 aliphatic carbocycles. The summed E-state index contributed by atoms with van der Waals surface area (Å²) in [5.74, 6) is -1.37. The van der Waals surface area contributed by atoms with Crippen LogP contribution in [0.3, 0.4) is 0 Å². The second-order valence-corrected chi connectivity index (χ2v) is 4.28. The van der Waals surface area contributed by atoms with E-state index in [-0.39, 0.29) is 13.0 Å². The van der Waals surface area contributed by atoms with E-state index >= 15 is 0 Å².